The number of aliphatic carboxylic acids is 1. The van der Waals surface area contributed by atoms with Gasteiger partial charge in [0.2, 0.25) is 5.91 Å². The second-order valence-electron chi connectivity index (χ2n) is 5.41. The van der Waals surface area contributed by atoms with Crippen molar-refractivity contribution in [2.24, 2.45) is 0 Å². The van der Waals surface area contributed by atoms with Crippen LogP contribution in [0.4, 0.5) is 0 Å². The molecule has 1 fully saturated rings. The lowest BCUT2D eigenvalue weighted by Crippen LogP contribution is -2.37. The summed E-state index contributed by atoms with van der Waals surface area (Å²) in [5.74, 6) is -0.789. The quantitative estimate of drug-likeness (QED) is 0.945. The first kappa shape index (κ1) is 14.1. The molecule has 2 aromatic rings. The fourth-order valence-electron chi connectivity index (χ4n) is 3.01. The summed E-state index contributed by atoms with van der Waals surface area (Å²) in [5, 5.41) is 12.1. The third-order valence-electron chi connectivity index (χ3n) is 4.01. The van der Waals surface area contributed by atoms with Crippen LogP contribution in [0.2, 0.25) is 0 Å². The fourth-order valence-corrected chi connectivity index (χ4v) is 3.97. The maximum absolute atomic E-state index is 12.5. The van der Waals surface area contributed by atoms with Crippen LogP contribution in [0.25, 0.3) is 10.1 Å². The van der Waals surface area contributed by atoms with Crippen molar-refractivity contribution in [3.63, 3.8) is 0 Å². The minimum absolute atomic E-state index is 0.0438. The van der Waals surface area contributed by atoms with E-state index < -0.39 is 5.97 Å². The van der Waals surface area contributed by atoms with Gasteiger partial charge in [0.05, 0.1) is 12.8 Å². The molecule has 0 aliphatic carbocycles. The Morgan fingerprint density at radius 2 is 2.14 bits per heavy atom. The highest BCUT2D eigenvalue weighted by Gasteiger charge is 2.30. The number of amides is 1. The van der Waals surface area contributed by atoms with Crippen LogP contribution in [0.1, 0.15) is 24.8 Å². The Labute approximate surface area is 127 Å². The summed E-state index contributed by atoms with van der Waals surface area (Å²) < 4.78 is 1.18. The van der Waals surface area contributed by atoms with Crippen molar-refractivity contribution >= 4 is 33.3 Å². The van der Waals surface area contributed by atoms with E-state index in [9.17, 15) is 9.59 Å². The number of carboxylic acid groups (broad SMARTS) is 1. The molecule has 1 aromatic carbocycles. The summed E-state index contributed by atoms with van der Waals surface area (Å²) in [6.07, 6.45) is 2.10. The van der Waals surface area contributed by atoms with Gasteiger partial charge in [-0.2, -0.15) is 0 Å². The number of carbonyl (C=O) groups excluding carboxylic acids is 1. The first-order chi connectivity index (χ1) is 10.1. The minimum Gasteiger partial charge on any atom is -0.481 e. The predicted molar refractivity (Wildman–Crippen MR) is 82.5 cm³/mol. The molecule has 0 saturated carbocycles. The molecule has 1 aliphatic rings. The normalized spacial score (nSPS) is 18.3. The lowest BCUT2D eigenvalue weighted by atomic mass is 10.1. The molecule has 3 rings (SSSR count). The number of carbonyl (C=O) groups is 2. The van der Waals surface area contributed by atoms with E-state index in [2.05, 4.69) is 6.07 Å². The average molecular weight is 303 g/mol. The largest absolute Gasteiger partial charge is 0.481 e. The molecule has 5 heteroatoms. The second-order valence-corrected chi connectivity index (χ2v) is 6.33. The first-order valence-electron chi connectivity index (χ1n) is 7.11. The monoisotopic (exact) mass is 303 g/mol. The Balaban J connectivity index is 1.75. The van der Waals surface area contributed by atoms with Gasteiger partial charge in [-0.3, -0.25) is 9.59 Å². The van der Waals surface area contributed by atoms with Gasteiger partial charge in [-0.1, -0.05) is 18.2 Å². The van der Waals surface area contributed by atoms with Gasteiger partial charge in [0.1, 0.15) is 0 Å². The molecule has 1 unspecified atom stereocenters. The number of thiophene rings is 1. The highest BCUT2D eigenvalue weighted by molar-refractivity contribution is 7.17. The highest BCUT2D eigenvalue weighted by atomic mass is 32.1. The molecule has 0 spiro atoms. The van der Waals surface area contributed by atoms with E-state index in [1.807, 2.05) is 23.6 Å². The second kappa shape index (κ2) is 5.85. The molecule has 1 aromatic heterocycles. The number of nitrogens with zero attached hydrogens (tertiary/aromatic N) is 1. The lowest BCUT2D eigenvalue weighted by Gasteiger charge is -2.23. The van der Waals surface area contributed by atoms with Crippen LogP contribution in [0, 0.1) is 0 Å². The van der Waals surface area contributed by atoms with E-state index in [1.165, 1.54) is 4.70 Å². The molecule has 110 valence electrons. The van der Waals surface area contributed by atoms with Gasteiger partial charge in [-0.25, -0.2) is 0 Å². The van der Waals surface area contributed by atoms with Crippen LogP contribution in [0.5, 0.6) is 0 Å². The molecular weight excluding hydrogens is 286 g/mol. The smallest absolute Gasteiger partial charge is 0.305 e. The lowest BCUT2D eigenvalue weighted by molar-refractivity contribution is -0.139. The third-order valence-corrected chi connectivity index (χ3v) is 5.02. The standard InChI is InChI=1S/C16H17NO3S/c18-15(17-7-3-4-12(17)9-16(19)20)8-11-10-21-14-6-2-1-5-13(11)14/h1-2,5-6,10,12H,3-4,7-9H2,(H,19,20). The van der Waals surface area contributed by atoms with E-state index in [4.69, 9.17) is 5.11 Å². The predicted octanol–water partition coefficient (Wildman–Crippen LogP) is 2.91. The molecule has 2 heterocycles. The number of likely N-dealkylation sites (tertiary alicyclic amines) is 1. The molecular formula is C16H17NO3S. The molecule has 0 bridgehead atoms. The Bertz CT molecular complexity index is 679. The number of benzene rings is 1. The van der Waals surface area contributed by atoms with Gasteiger partial charge in [0.25, 0.3) is 0 Å². The van der Waals surface area contributed by atoms with Crippen LogP contribution in [-0.4, -0.2) is 34.5 Å². The van der Waals surface area contributed by atoms with Gasteiger partial charge < -0.3 is 10.0 Å². The third kappa shape index (κ3) is 2.93. The van der Waals surface area contributed by atoms with E-state index in [-0.39, 0.29) is 18.4 Å². The molecule has 1 N–H and O–H groups in total. The molecule has 1 aliphatic heterocycles. The van der Waals surface area contributed by atoms with Crippen molar-refractivity contribution in [2.75, 3.05) is 6.54 Å². The Morgan fingerprint density at radius 3 is 2.95 bits per heavy atom. The average Bonchev–Trinajstić information content (AvgIpc) is 3.06. The number of rotatable bonds is 4. The molecule has 1 atom stereocenters. The van der Waals surface area contributed by atoms with E-state index in [0.29, 0.717) is 13.0 Å². The van der Waals surface area contributed by atoms with Gasteiger partial charge in [-0.15, -0.1) is 11.3 Å². The van der Waals surface area contributed by atoms with Crippen LogP contribution in [0.3, 0.4) is 0 Å². The highest BCUT2D eigenvalue weighted by Crippen LogP contribution is 2.28. The summed E-state index contributed by atoms with van der Waals surface area (Å²) in [6.45, 7) is 0.679. The van der Waals surface area contributed by atoms with Crippen molar-refractivity contribution in [3.05, 3.63) is 35.2 Å². The van der Waals surface area contributed by atoms with E-state index in [0.717, 1.165) is 23.8 Å². The number of hydrogen-bond acceptors (Lipinski definition) is 3. The molecule has 1 amide bonds. The van der Waals surface area contributed by atoms with E-state index in [1.54, 1.807) is 16.2 Å². The first-order valence-corrected chi connectivity index (χ1v) is 7.99. The molecule has 4 nitrogen and oxygen atoms in total. The van der Waals surface area contributed by atoms with Gasteiger partial charge in [-0.05, 0) is 35.2 Å². The summed E-state index contributed by atoms with van der Waals surface area (Å²) in [7, 11) is 0. The molecule has 21 heavy (non-hydrogen) atoms. The van der Waals surface area contributed by atoms with Crippen LogP contribution in [-0.2, 0) is 16.0 Å². The zero-order valence-electron chi connectivity index (χ0n) is 11.6. The van der Waals surface area contributed by atoms with Gasteiger partial charge in [0, 0.05) is 17.3 Å². The van der Waals surface area contributed by atoms with Gasteiger partial charge >= 0.3 is 5.97 Å². The number of carboxylic acids is 1. The zero-order chi connectivity index (χ0) is 14.8. The fraction of sp³-hybridized carbons (Fsp3) is 0.375. The summed E-state index contributed by atoms with van der Waals surface area (Å²) in [4.78, 5) is 25.1. The Morgan fingerprint density at radius 1 is 1.33 bits per heavy atom. The Hall–Kier alpha value is -1.88. The molecule has 1 saturated heterocycles. The summed E-state index contributed by atoms with van der Waals surface area (Å²) in [6, 6.07) is 7.92. The SMILES string of the molecule is O=C(O)CC1CCCN1C(=O)Cc1csc2ccccc12. The van der Waals surface area contributed by atoms with Crippen molar-refractivity contribution in [1.82, 2.24) is 4.90 Å². The maximum atomic E-state index is 12.5. The summed E-state index contributed by atoms with van der Waals surface area (Å²) in [5.41, 5.74) is 1.04. The van der Waals surface area contributed by atoms with Crippen LogP contribution < -0.4 is 0 Å². The number of hydrogen-bond donors (Lipinski definition) is 1. The van der Waals surface area contributed by atoms with Crippen molar-refractivity contribution in [3.8, 4) is 0 Å². The zero-order valence-corrected chi connectivity index (χ0v) is 12.4. The van der Waals surface area contributed by atoms with E-state index >= 15 is 0 Å². The van der Waals surface area contributed by atoms with Crippen molar-refractivity contribution in [2.45, 2.75) is 31.7 Å². The topological polar surface area (TPSA) is 57.6 Å². The minimum atomic E-state index is -0.833. The Kier molecular flexibility index (Phi) is 3.92. The molecule has 0 radical (unpaired) electrons. The maximum Gasteiger partial charge on any atom is 0.305 e. The van der Waals surface area contributed by atoms with Crippen molar-refractivity contribution in [1.29, 1.82) is 0 Å². The van der Waals surface area contributed by atoms with Crippen molar-refractivity contribution < 1.29 is 14.7 Å². The summed E-state index contributed by atoms with van der Waals surface area (Å²) >= 11 is 1.65. The van der Waals surface area contributed by atoms with Crippen LogP contribution >= 0.6 is 11.3 Å². The van der Waals surface area contributed by atoms with Gasteiger partial charge in [0.15, 0.2) is 0 Å². The number of fused-ring (bicyclic) bond motifs is 1. The van der Waals surface area contributed by atoms with Crippen LogP contribution in [0.15, 0.2) is 29.6 Å².